The molecular formula is C23H28ClN4O9P. The predicted octanol–water partition coefficient (Wildman–Crippen LogP) is 0.856. The third-order valence-electron chi connectivity index (χ3n) is 5.67. The summed E-state index contributed by atoms with van der Waals surface area (Å²) in [6, 6.07) is 1.33. The summed E-state index contributed by atoms with van der Waals surface area (Å²) >= 11 is 5.85. The molecule has 2 aliphatic rings. The van der Waals surface area contributed by atoms with Crippen LogP contribution in [-0.2, 0) is 28.2 Å². The third kappa shape index (κ3) is 7.50. The first-order chi connectivity index (χ1) is 18.1. The zero-order valence-electron chi connectivity index (χ0n) is 20.1. The van der Waals surface area contributed by atoms with Gasteiger partial charge in [-0.1, -0.05) is 6.58 Å². The SMILES string of the molecule is C=C/C(=C\C(=C/CCl)OC[C@H]1O[C@@H](n2ccc(N)nc2=O)[C@H](O)[C@@H]1O[PH](=O)O)NC=C1C(=O)CCCC1=O. The number of hydrogen-bond donors (Lipinski definition) is 4. The fourth-order valence-corrected chi connectivity index (χ4v) is 4.52. The molecule has 0 bridgehead atoms. The number of nitrogens with zero attached hydrogens (tertiary/aromatic N) is 2. The van der Waals surface area contributed by atoms with Crippen LogP contribution in [0.5, 0.6) is 0 Å². The number of nitrogen functional groups attached to an aromatic ring is 1. The van der Waals surface area contributed by atoms with Gasteiger partial charge < -0.3 is 35.0 Å². The van der Waals surface area contributed by atoms with E-state index in [1.54, 1.807) is 0 Å². The highest BCUT2D eigenvalue weighted by atomic mass is 35.5. The second kappa shape index (κ2) is 13.7. The maximum absolute atomic E-state index is 12.2. The number of carbonyl (C=O) groups excluding carboxylic acids is 2. The maximum atomic E-state index is 12.2. The van der Waals surface area contributed by atoms with Gasteiger partial charge in [0.05, 0.1) is 5.57 Å². The molecule has 1 aromatic heterocycles. The van der Waals surface area contributed by atoms with Gasteiger partial charge in [-0.15, -0.1) is 11.6 Å². The number of anilines is 1. The first-order valence-corrected chi connectivity index (χ1v) is 13.3. The molecule has 2 fully saturated rings. The summed E-state index contributed by atoms with van der Waals surface area (Å²) in [6.45, 7) is 3.41. The van der Waals surface area contributed by atoms with E-state index in [0.717, 1.165) is 4.57 Å². The quantitative estimate of drug-likeness (QED) is 0.0733. The zero-order chi connectivity index (χ0) is 27.8. The molecule has 0 radical (unpaired) electrons. The van der Waals surface area contributed by atoms with Gasteiger partial charge >= 0.3 is 13.9 Å². The molecule has 1 unspecified atom stereocenters. The van der Waals surface area contributed by atoms with E-state index < -0.39 is 38.5 Å². The highest BCUT2D eigenvalue weighted by molar-refractivity contribution is 7.32. The Bertz CT molecular complexity index is 1230. The molecule has 0 amide bonds. The van der Waals surface area contributed by atoms with Crippen molar-refractivity contribution in [2.75, 3.05) is 18.2 Å². The third-order valence-corrected chi connectivity index (χ3v) is 6.30. The van der Waals surface area contributed by atoms with Crippen molar-refractivity contribution in [2.24, 2.45) is 0 Å². The number of ether oxygens (including phenoxy) is 2. The number of ketones is 2. The Hall–Kier alpha value is -3.06. The average molecular weight is 571 g/mol. The van der Waals surface area contributed by atoms with Gasteiger partial charge in [-0.2, -0.15) is 4.98 Å². The number of halogens is 1. The lowest BCUT2D eigenvalue weighted by atomic mass is 9.93. The topological polar surface area (TPSA) is 192 Å². The number of Topliss-reactive ketones (excluding diaryl/α,β-unsaturated/α-hetero) is 2. The van der Waals surface area contributed by atoms with E-state index in [-0.39, 0.29) is 41.2 Å². The Morgan fingerprint density at radius 2 is 2.08 bits per heavy atom. The molecule has 0 aromatic carbocycles. The molecule has 5 atom stereocenters. The molecule has 1 saturated heterocycles. The number of carbonyl (C=O) groups is 2. The number of hydrogen-bond acceptors (Lipinski definition) is 11. The minimum Gasteiger partial charge on any atom is -0.491 e. The van der Waals surface area contributed by atoms with Crippen molar-refractivity contribution >= 4 is 37.2 Å². The number of nitrogens with one attached hydrogen (secondary N) is 1. The van der Waals surface area contributed by atoms with Crippen molar-refractivity contribution in [1.82, 2.24) is 14.9 Å². The summed E-state index contributed by atoms with van der Waals surface area (Å²) in [4.78, 5) is 49.2. The number of alkyl halides is 1. The average Bonchev–Trinajstić information content (AvgIpc) is 3.15. The number of aromatic nitrogens is 2. The molecule has 1 aliphatic heterocycles. The highest BCUT2D eigenvalue weighted by Crippen LogP contribution is 2.35. The van der Waals surface area contributed by atoms with E-state index in [9.17, 15) is 28.9 Å². The monoisotopic (exact) mass is 570 g/mol. The highest BCUT2D eigenvalue weighted by Gasteiger charge is 2.47. The lowest BCUT2D eigenvalue weighted by Crippen LogP contribution is -2.37. The normalized spacial score (nSPS) is 25.3. The Labute approximate surface area is 223 Å². The summed E-state index contributed by atoms with van der Waals surface area (Å²) < 4.78 is 28.9. The number of allylic oxidation sites excluding steroid dienone is 4. The minimum absolute atomic E-state index is 0.0334. The van der Waals surface area contributed by atoms with E-state index >= 15 is 0 Å². The molecular weight excluding hydrogens is 543 g/mol. The molecule has 15 heteroatoms. The first kappa shape index (κ1) is 29.5. The summed E-state index contributed by atoms with van der Waals surface area (Å²) in [5.74, 6) is -0.275. The van der Waals surface area contributed by atoms with Gasteiger partial charge in [0.1, 0.15) is 36.5 Å². The van der Waals surface area contributed by atoms with Gasteiger partial charge in [0.2, 0.25) is 0 Å². The van der Waals surface area contributed by atoms with Crippen molar-refractivity contribution in [3.8, 4) is 0 Å². The Kier molecular flexibility index (Phi) is 10.6. The summed E-state index contributed by atoms with van der Waals surface area (Å²) in [6.07, 6.45) is 2.88. The summed E-state index contributed by atoms with van der Waals surface area (Å²) in [5.41, 5.74) is 5.14. The lowest BCUT2D eigenvalue weighted by Gasteiger charge is -2.20. The minimum atomic E-state index is -3.50. The van der Waals surface area contributed by atoms with Crippen molar-refractivity contribution in [2.45, 2.75) is 43.8 Å². The molecule has 2 heterocycles. The number of aliphatic hydroxyl groups excluding tert-OH is 1. The van der Waals surface area contributed by atoms with E-state index in [0.29, 0.717) is 25.0 Å². The van der Waals surface area contributed by atoms with Crippen molar-refractivity contribution in [3.63, 3.8) is 0 Å². The summed E-state index contributed by atoms with van der Waals surface area (Å²) in [7, 11) is -3.50. The van der Waals surface area contributed by atoms with Crippen LogP contribution < -0.4 is 16.7 Å². The van der Waals surface area contributed by atoms with Crippen LogP contribution in [0, 0.1) is 0 Å². The van der Waals surface area contributed by atoms with Gasteiger partial charge in [-0.25, -0.2) is 4.79 Å². The fraction of sp³-hybridized carbons (Fsp3) is 0.391. The van der Waals surface area contributed by atoms with Crippen LogP contribution in [0.3, 0.4) is 0 Å². The second-order valence-corrected chi connectivity index (χ2v) is 9.30. The molecule has 3 rings (SSSR count). The van der Waals surface area contributed by atoms with Crippen LogP contribution >= 0.6 is 19.9 Å². The van der Waals surface area contributed by atoms with Crippen LogP contribution in [0.25, 0.3) is 0 Å². The summed E-state index contributed by atoms with van der Waals surface area (Å²) in [5, 5.41) is 13.6. The predicted molar refractivity (Wildman–Crippen MR) is 137 cm³/mol. The molecule has 206 valence electrons. The molecule has 13 nitrogen and oxygen atoms in total. The number of rotatable bonds is 11. The van der Waals surface area contributed by atoms with Crippen LogP contribution in [0.2, 0.25) is 0 Å². The van der Waals surface area contributed by atoms with Crippen LogP contribution in [0.1, 0.15) is 25.5 Å². The lowest BCUT2D eigenvalue weighted by molar-refractivity contribution is -0.123. The fourth-order valence-electron chi connectivity index (χ4n) is 3.84. The Morgan fingerprint density at radius 1 is 1.37 bits per heavy atom. The molecule has 0 spiro atoms. The van der Waals surface area contributed by atoms with Gasteiger partial charge in [-0.3, -0.25) is 18.7 Å². The Balaban J connectivity index is 1.77. The first-order valence-electron chi connectivity index (χ1n) is 11.5. The molecule has 1 aliphatic carbocycles. The smallest absolute Gasteiger partial charge is 0.351 e. The standard InChI is InChI=1S/C23H28ClN4O9P/c1-2-13(26-11-15-16(29)4-3-5-17(15)30)10-14(6-8-24)35-12-18-21(37-38(33)34)20(31)22(36-18)28-9-7-19(25)27-23(28)32/h2,6-7,9-11,18,20-22,26,31,38H,1,3-5,8,12H2,(H,33,34)(H2,25,27,32)/b13-10+,14-6+/t18-,20-,21-,22-/m1/s1. The van der Waals surface area contributed by atoms with E-state index in [1.807, 2.05) is 0 Å². The zero-order valence-corrected chi connectivity index (χ0v) is 21.9. The molecule has 5 N–H and O–H groups in total. The number of nitrogens with two attached hydrogens (primary N) is 1. The molecule has 1 aromatic rings. The van der Waals surface area contributed by atoms with E-state index in [2.05, 4.69) is 16.9 Å². The van der Waals surface area contributed by atoms with Gasteiger partial charge in [0.25, 0.3) is 0 Å². The van der Waals surface area contributed by atoms with Crippen molar-refractivity contribution < 1.29 is 38.2 Å². The largest absolute Gasteiger partial charge is 0.491 e. The maximum Gasteiger partial charge on any atom is 0.351 e. The van der Waals surface area contributed by atoms with Gasteiger partial charge in [0, 0.05) is 42.9 Å². The van der Waals surface area contributed by atoms with Crippen molar-refractivity contribution in [3.05, 3.63) is 70.8 Å². The van der Waals surface area contributed by atoms with Crippen LogP contribution in [-0.4, -0.2) is 61.9 Å². The second-order valence-electron chi connectivity index (χ2n) is 8.22. The van der Waals surface area contributed by atoms with Gasteiger partial charge in [-0.05, 0) is 24.6 Å². The molecule has 38 heavy (non-hydrogen) atoms. The van der Waals surface area contributed by atoms with E-state index in [4.69, 9.17) is 31.3 Å². The van der Waals surface area contributed by atoms with Crippen molar-refractivity contribution in [1.29, 1.82) is 0 Å². The van der Waals surface area contributed by atoms with Crippen LogP contribution in [0.4, 0.5) is 5.82 Å². The van der Waals surface area contributed by atoms with E-state index in [1.165, 1.54) is 36.7 Å². The number of aliphatic hydroxyl groups is 1. The Morgan fingerprint density at radius 3 is 2.68 bits per heavy atom. The van der Waals surface area contributed by atoms with Gasteiger partial charge in [0.15, 0.2) is 17.8 Å². The van der Waals surface area contributed by atoms with Crippen LogP contribution in [0.15, 0.2) is 65.1 Å². The molecule has 1 saturated carbocycles.